The van der Waals surface area contributed by atoms with Gasteiger partial charge in [-0.15, -0.1) is 0 Å². The van der Waals surface area contributed by atoms with Gasteiger partial charge >= 0.3 is 0 Å². The average Bonchev–Trinajstić information content (AvgIpc) is 2.74. The van der Waals surface area contributed by atoms with Gasteiger partial charge in [0.1, 0.15) is 0 Å². The number of nitrogens with two attached hydrogens (primary N) is 1. The molecule has 0 spiro atoms. The molecule has 1 saturated heterocycles. The van der Waals surface area contributed by atoms with Gasteiger partial charge in [-0.05, 0) is 24.5 Å². The molecule has 0 bridgehead atoms. The summed E-state index contributed by atoms with van der Waals surface area (Å²) in [5, 5.41) is 3.38. The van der Waals surface area contributed by atoms with E-state index in [1.807, 2.05) is 12.1 Å². The molecule has 3 N–H and O–H groups in total. The zero-order chi connectivity index (χ0) is 10.5. The second kappa shape index (κ2) is 5.09. The third-order valence-corrected chi connectivity index (χ3v) is 2.61. The second-order valence-corrected chi connectivity index (χ2v) is 3.94. The molecule has 82 valence electrons. The molecule has 4 nitrogen and oxygen atoms in total. The Morgan fingerprint density at radius 3 is 3.13 bits per heavy atom. The first-order valence-corrected chi connectivity index (χ1v) is 5.33. The summed E-state index contributed by atoms with van der Waals surface area (Å²) in [4.78, 5) is 4.22. The molecule has 0 radical (unpaired) electrons. The SMILES string of the molecule is Nc1ccc(CNCC2CCOC2)nc1. The predicted octanol–water partition coefficient (Wildman–Crippen LogP) is 0.790. The number of anilines is 1. The second-order valence-electron chi connectivity index (χ2n) is 3.94. The predicted molar refractivity (Wildman–Crippen MR) is 59.3 cm³/mol. The fourth-order valence-corrected chi connectivity index (χ4v) is 1.69. The molecule has 15 heavy (non-hydrogen) atoms. The maximum absolute atomic E-state index is 5.56. The number of hydrogen-bond donors (Lipinski definition) is 2. The molecule has 0 amide bonds. The van der Waals surface area contributed by atoms with Crippen LogP contribution in [0.1, 0.15) is 12.1 Å². The third kappa shape index (κ3) is 3.18. The van der Waals surface area contributed by atoms with E-state index in [1.165, 1.54) is 6.42 Å². The Bertz CT molecular complexity index is 293. The molecular formula is C11H17N3O. The fraction of sp³-hybridized carbons (Fsp3) is 0.545. The summed E-state index contributed by atoms with van der Waals surface area (Å²) in [6.07, 6.45) is 2.86. The topological polar surface area (TPSA) is 60.2 Å². The Labute approximate surface area is 89.8 Å². The first-order chi connectivity index (χ1) is 7.34. The number of nitrogens with one attached hydrogen (secondary N) is 1. The van der Waals surface area contributed by atoms with Crippen molar-refractivity contribution in [3.05, 3.63) is 24.0 Å². The third-order valence-electron chi connectivity index (χ3n) is 2.61. The van der Waals surface area contributed by atoms with Gasteiger partial charge in [0.2, 0.25) is 0 Å². The number of rotatable bonds is 4. The van der Waals surface area contributed by atoms with Crippen molar-refractivity contribution in [3.8, 4) is 0 Å². The van der Waals surface area contributed by atoms with Crippen LogP contribution in [0.25, 0.3) is 0 Å². The van der Waals surface area contributed by atoms with Crippen molar-refractivity contribution < 1.29 is 4.74 Å². The Morgan fingerprint density at radius 2 is 2.47 bits per heavy atom. The van der Waals surface area contributed by atoms with Crippen LogP contribution in [-0.2, 0) is 11.3 Å². The summed E-state index contributed by atoms with van der Waals surface area (Å²) in [5.41, 5.74) is 7.30. The minimum atomic E-state index is 0.666. The van der Waals surface area contributed by atoms with E-state index in [1.54, 1.807) is 6.20 Å². The van der Waals surface area contributed by atoms with Crippen LogP contribution in [0.15, 0.2) is 18.3 Å². The summed E-state index contributed by atoms with van der Waals surface area (Å²) in [6, 6.07) is 3.83. The number of nitrogens with zero attached hydrogens (tertiary/aromatic N) is 1. The lowest BCUT2D eigenvalue weighted by Gasteiger charge is -2.08. The smallest absolute Gasteiger partial charge is 0.0543 e. The Kier molecular flexibility index (Phi) is 3.53. The van der Waals surface area contributed by atoms with Crippen LogP contribution in [0.2, 0.25) is 0 Å². The lowest BCUT2D eigenvalue weighted by atomic mass is 10.1. The highest BCUT2D eigenvalue weighted by Crippen LogP contribution is 2.10. The van der Waals surface area contributed by atoms with E-state index in [0.29, 0.717) is 11.6 Å². The van der Waals surface area contributed by atoms with Crippen LogP contribution in [0.3, 0.4) is 0 Å². The van der Waals surface area contributed by atoms with Crippen molar-refractivity contribution in [1.29, 1.82) is 0 Å². The molecule has 2 rings (SSSR count). The summed E-state index contributed by atoms with van der Waals surface area (Å²) < 4.78 is 5.30. The van der Waals surface area contributed by atoms with Crippen LogP contribution in [-0.4, -0.2) is 24.7 Å². The van der Waals surface area contributed by atoms with Gasteiger partial charge in [0.05, 0.1) is 24.2 Å². The van der Waals surface area contributed by atoms with Crippen molar-refractivity contribution in [3.63, 3.8) is 0 Å². The Hall–Kier alpha value is -1.13. The van der Waals surface area contributed by atoms with E-state index in [0.717, 1.165) is 32.0 Å². The van der Waals surface area contributed by atoms with Crippen molar-refractivity contribution >= 4 is 5.69 Å². The van der Waals surface area contributed by atoms with Crippen molar-refractivity contribution in [2.24, 2.45) is 5.92 Å². The van der Waals surface area contributed by atoms with Crippen molar-refractivity contribution in [2.75, 3.05) is 25.5 Å². The quantitative estimate of drug-likeness (QED) is 0.766. The van der Waals surface area contributed by atoms with Gasteiger partial charge in [0.25, 0.3) is 0 Å². The number of nitrogen functional groups attached to an aromatic ring is 1. The van der Waals surface area contributed by atoms with Gasteiger partial charge in [-0.3, -0.25) is 4.98 Å². The Balaban J connectivity index is 1.71. The number of aromatic nitrogens is 1. The van der Waals surface area contributed by atoms with Crippen LogP contribution in [0.5, 0.6) is 0 Å². The van der Waals surface area contributed by atoms with Crippen LogP contribution >= 0.6 is 0 Å². The maximum Gasteiger partial charge on any atom is 0.0543 e. The van der Waals surface area contributed by atoms with Gasteiger partial charge in [-0.2, -0.15) is 0 Å². The highest BCUT2D eigenvalue weighted by molar-refractivity contribution is 5.34. The lowest BCUT2D eigenvalue weighted by Crippen LogP contribution is -2.23. The van der Waals surface area contributed by atoms with E-state index in [2.05, 4.69) is 10.3 Å². The van der Waals surface area contributed by atoms with Crippen molar-refractivity contribution in [2.45, 2.75) is 13.0 Å². The first kappa shape index (κ1) is 10.4. The lowest BCUT2D eigenvalue weighted by molar-refractivity contribution is 0.185. The standard InChI is InChI=1S/C11H17N3O/c12-10-1-2-11(14-6-10)7-13-5-9-3-4-15-8-9/h1-2,6,9,13H,3-5,7-8,12H2. The molecule has 1 aromatic rings. The zero-order valence-corrected chi connectivity index (χ0v) is 8.78. The van der Waals surface area contributed by atoms with Crippen LogP contribution in [0.4, 0.5) is 5.69 Å². The molecule has 1 fully saturated rings. The molecule has 1 aliphatic rings. The van der Waals surface area contributed by atoms with E-state index in [9.17, 15) is 0 Å². The van der Waals surface area contributed by atoms with Gasteiger partial charge in [-0.1, -0.05) is 0 Å². The van der Waals surface area contributed by atoms with Gasteiger partial charge in [0.15, 0.2) is 0 Å². The molecular weight excluding hydrogens is 190 g/mol. The Morgan fingerprint density at radius 1 is 1.53 bits per heavy atom. The zero-order valence-electron chi connectivity index (χ0n) is 8.78. The molecule has 1 aromatic heterocycles. The molecule has 2 heterocycles. The van der Waals surface area contributed by atoms with E-state index < -0.39 is 0 Å². The minimum Gasteiger partial charge on any atom is -0.397 e. The summed E-state index contributed by atoms with van der Waals surface area (Å²) in [5.74, 6) is 0.666. The van der Waals surface area contributed by atoms with E-state index >= 15 is 0 Å². The highest BCUT2D eigenvalue weighted by Gasteiger charge is 2.14. The highest BCUT2D eigenvalue weighted by atomic mass is 16.5. The number of pyridine rings is 1. The maximum atomic E-state index is 5.56. The van der Waals surface area contributed by atoms with Crippen molar-refractivity contribution in [1.82, 2.24) is 10.3 Å². The monoisotopic (exact) mass is 207 g/mol. The molecule has 1 atom stereocenters. The summed E-state index contributed by atoms with van der Waals surface area (Å²) in [7, 11) is 0. The molecule has 0 aromatic carbocycles. The fourth-order valence-electron chi connectivity index (χ4n) is 1.69. The molecule has 0 saturated carbocycles. The average molecular weight is 207 g/mol. The number of hydrogen-bond acceptors (Lipinski definition) is 4. The molecule has 1 unspecified atom stereocenters. The molecule has 1 aliphatic heterocycles. The minimum absolute atomic E-state index is 0.666. The summed E-state index contributed by atoms with van der Waals surface area (Å²) in [6.45, 7) is 3.61. The van der Waals surface area contributed by atoms with E-state index in [-0.39, 0.29) is 0 Å². The number of ether oxygens (including phenoxy) is 1. The van der Waals surface area contributed by atoms with Crippen LogP contribution in [0, 0.1) is 5.92 Å². The molecule has 0 aliphatic carbocycles. The largest absolute Gasteiger partial charge is 0.397 e. The first-order valence-electron chi connectivity index (χ1n) is 5.33. The van der Waals surface area contributed by atoms with Crippen LogP contribution < -0.4 is 11.1 Å². The van der Waals surface area contributed by atoms with Gasteiger partial charge < -0.3 is 15.8 Å². The molecule has 4 heteroatoms. The van der Waals surface area contributed by atoms with E-state index in [4.69, 9.17) is 10.5 Å². The normalized spacial score (nSPS) is 20.7. The van der Waals surface area contributed by atoms with Gasteiger partial charge in [-0.25, -0.2) is 0 Å². The summed E-state index contributed by atoms with van der Waals surface area (Å²) >= 11 is 0. The van der Waals surface area contributed by atoms with Gasteiger partial charge in [0, 0.05) is 19.7 Å².